The van der Waals surface area contributed by atoms with Crippen LogP contribution in [0.4, 0.5) is 0 Å². The lowest BCUT2D eigenvalue weighted by atomic mass is 9.81. The second-order valence-electron chi connectivity index (χ2n) is 9.58. The molecule has 0 aromatic carbocycles. The van der Waals surface area contributed by atoms with Crippen molar-refractivity contribution in [1.82, 2.24) is 15.8 Å². The molecule has 2 aliphatic heterocycles. The molecule has 2 heterocycles. The van der Waals surface area contributed by atoms with Gasteiger partial charge in [-0.15, -0.1) is 0 Å². The number of nitrogens with one attached hydrogen (secondary N) is 2. The Kier molecular flexibility index (Phi) is 9.76. The van der Waals surface area contributed by atoms with E-state index in [1.54, 1.807) is 0 Å². The van der Waals surface area contributed by atoms with Gasteiger partial charge in [-0.25, -0.2) is 5.43 Å². The summed E-state index contributed by atoms with van der Waals surface area (Å²) in [5, 5.41) is 29.1. The first-order chi connectivity index (χ1) is 16.7. The van der Waals surface area contributed by atoms with E-state index in [4.69, 9.17) is 14.2 Å². The van der Waals surface area contributed by atoms with Gasteiger partial charge in [0, 0.05) is 38.1 Å². The van der Waals surface area contributed by atoms with Crippen molar-refractivity contribution < 1.29 is 43.9 Å². The van der Waals surface area contributed by atoms with Crippen LogP contribution in [0.15, 0.2) is 12.2 Å². The number of methoxy groups -OCH3 is 1. The largest absolute Gasteiger partial charge is 0.394 e. The van der Waals surface area contributed by atoms with Gasteiger partial charge in [-0.2, -0.15) is 0 Å². The molecule has 2 fully saturated rings. The van der Waals surface area contributed by atoms with Gasteiger partial charge in [0.2, 0.25) is 5.91 Å². The number of ether oxygens (including phenoxy) is 3. The van der Waals surface area contributed by atoms with Gasteiger partial charge in [-0.3, -0.25) is 24.7 Å². The molecule has 1 saturated carbocycles. The van der Waals surface area contributed by atoms with Gasteiger partial charge in [0.05, 0.1) is 19.3 Å². The molecule has 1 aliphatic carbocycles. The number of hydrazine groups is 1. The van der Waals surface area contributed by atoms with E-state index in [-0.39, 0.29) is 42.0 Å². The first-order valence-corrected chi connectivity index (χ1v) is 12.0. The molecule has 3 aliphatic rings. The van der Waals surface area contributed by atoms with Crippen LogP contribution < -0.4 is 10.9 Å². The summed E-state index contributed by atoms with van der Waals surface area (Å²) in [5.74, 6) is -2.30. The Hall–Kier alpha value is -1.93. The minimum Gasteiger partial charge on any atom is -0.394 e. The highest BCUT2D eigenvalue weighted by Gasteiger charge is 2.49. The number of imide groups is 1. The Bertz CT molecular complexity index is 768. The highest BCUT2D eigenvalue weighted by Crippen LogP contribution is 2.36. The average Bonchev–Trinajstić information content (AvgIpc) is 3.15. The fourth-order valence-corrected chi connectivity index (χ4v) is 5.28. The third-order valence-electron chi connectivity index (χ3n) is 7.16. The van der Waals surface area contributed by atoms with E-state index in [0.717, 1.165) is 12.8 Å². The minimum absolute atomic E-state index is 0.00372. The van der Waals surface area contributed by atoms with Crippen LogP contribution in [0.5, 0.6) is 0 Å². The summed E-state index contributed by atoms with van der Waals surface area (Å²) in [4.78, 5) is 37.5. The monoisotopic (exact) mass is 499 g/mol. The molecule has 5 atom stereocenters. The number of carbonyl (C=O) groups excluding carboxylic acids is 3. The molecular weight excluding hydrogens is 462 g/mol. The maximum atomic E-state index is 12.7. The van der Waals surface area contributed by atoms with E-state index in [2.05, 4.69) is 10.9 Å². The zero-order valence-electron chi connectivity index (χ0n) is 20.2. The van der Waals surface area contributed by atoms with Crippen LogP contribution in [0.3, 0.4) is 0 Å². The lowest BCUT2D eigenvalue weighted by molar-refractivity contribution is -0.339. The molecule has 1 saturated heterocycles. The predicted octanol–water partition coefficient (Wildman–Crippen LogP) is -1.21. The van der Waals surface area contributed by atoms with Crippen LogP contribution in [-0.4, -0.2) is 95.6 Å². The van der Waals surface area contributed by atoms with Crippen molar-refractivity contribution in [3.8, 4) is 0 Å². The van der Waals surface area contributed by atoms with Crippen LogP contribution in [0, 0.1) is 17.8 Å². The van der Waals surface area contributed by atoms with Crippen LogP contribution in [-0.2, 0) is 28.6 Å². The average molecular weight is 500 g/mol. The topological polar surface area (TPSA) is 167 Å². The third-order valence-corrected chi connectivity index (χ3v) is 7.16. The van der Waals surface area contributed by atoms with Crippen molar-refractivity contribution in [2.24, 2.45) is 17.8 Å². The van der Waals surface area contributed by atoms with Crippen molar-refractivity contribution in [2.45, 2.75) is 63.1 Å². The van der Waals surface area contributed by atoms with Crippen LogP contribution >= 0.6 is 0 Å². The number of rotatable bonds is 11. The highest BCUT2D eigenvalue weighted by atomic mass is 16.7. The van der Waals surface area contributed by atoms with Crippen molar-refractivity contribution in [3.05, 3.63) is 12.2 Å². The number of hydrogen-bond acceptors (Lipinski definition) is 10. The fourth-order valence-electron chi connectivity index (χ4n) is 5.28. The molecule has 12 nitrogen and oxygen atoms in total. The molecule has 35 heavy (non-hydrogen) atoms. The Morgan fingerprint density at radius 2 is 1.89 bits per heavy atom. The van der Waals surface area contributed by atoms with Crippen molar-refractivity contribution in [2.75, 3.05) is 33.6 Å². The molecule has 5 N–H and O–H groups in total. The van der Waals surface area contributed by atoms with Crippen molar-refractivity contribution >= 4 is 17.7 Å². The summed E-state index contributed by atoms with van der Waals surface area (Å²) in [6.45, 7) is 1.09. The van der Waals surface area contributed by atoms with Crippen molar-refractivity contribution in [3.63, 3.8) is 0 Å². The minimum atomic E-state index is -1.35. The van der Waals surface area contributed by atoms with E-state index in [1.807, 2.05) is 6.92 Å². The fraction of sp³-hybridized carbons (Fsp3) is 0.783. The van der Waals surface area contributed by atoms with Crippen molar-refractivity contribution in [1.29, 1.82) is 0 Å². The van der Waals surface area contributed by atoms with E-state index >= 15 is 0 Å². The number of hydrogen-bond donors (Lipinski definition) is 5. The molecule has 0 bridgehead atoms. The van der Waals surface area contributed by atoms with E-state index < -0.39 is 37.5 Å². The summed E-state index contributed by atoms with van der Waals surface area (Å²) in [6, 6.07) is 0. The lowest BCUT2D eigenvalue weighted by Crippen LogP contribution is -2.62. The Morgan fingerprint density at radius 1 is 1.23 bits per heavy atom. The number of aliphatic hydroxyl groups is 3. The van der Waals surface area contributed by atoms with Crippen LogP contribution in [0.1, 0.15) is 39.0 Å². The molecule has 198 valence electrons. The summed E-state index contributed by atoms with van der Waals surface area (Å²) >= 11 is 0. The summed E-state index contributed by atoms with van der Waals surface area (Å²) < 4.78 is 16.9. The predicted molar refractivity (Wildman–Crippen MR) is 121 cm³/mol. The molecule has 0 aromatic rings. The zero-order valence-corrected chi connectivity index (χ0v) is 20.2. The normalized spacial score (nSPS) is 34.3. The summed E-state index contributed by atoms with van der Waals surface area (Å²) in [5.41, 5.74) is 5.52. The number of carbonyl (C=O) groups is 3. The second kappa shape index (κ2) is 12.3. The summed E-state index contributed by atoms with van der Waals surface area (Å²) in [6.07, 6.45) is 3.00. The first-order valence-electron chi connectivity index (χ1n) is 12.0. The lowest BCUT2D eigenvalue weighted by Gasteiger charge is -2.47. The smallest absolute Gasteiger partial charge is 0.253 e. The number of aliphatic hydroxyl groups excluding tert-OH is 3. The molecule has 1 unspecified atom stereocenters. The maximum absolute atomic E-state index is 12.7. The standard InChI is InChI=1S/C23H37N3O9/c1-14-9-23(34-13-28,35-21(17(29)11-27)20(14)33-2)12-24-25-22(32)16-5-3-15(4-6-16)10-26-18(30)7-8-19(26)31/h7-8,14-17,20-21,24,27-29H,3-6,9-13H2,1-2H3,(H,25,32)/t14-,15?,16?,17+,20-,21?,23-/m1/s1. The number of amides is 3. The maximum Gasteiger partial charge on any atom is 0.253 e. The van der Waals surface area contributed by atoms with Crippen LogP contribution in [0.25, 0.3) is 0 Å². The molecule has 0 radical (unpaired) electrons. The Balaban J connectivity index is 1.49. The van der Waals surface area contributed by atoms with E-state index in [0.29, 0.717) is 25.8 Å². The van der Waals surface area contributed by atoms with Gasteiger partial charge in [0.1, 0.15) is 19.0 Å². The molecule has 12 heteroatoms. The first kappa shape index (κ1) is 27.7. The van der Waals surface area contributed by atoms with Gasteiger partial charge in [-0.05, 0) is 37.5 Å². The highest BCUT2D eigenvalue weighted by molar-refractivity contribution is 6.12. The van der Waals surface area contributed by atoms with Crippen LogP contribution in [0.2, 0.25) is 0 Å². The van der Waals surface area contributed by atoms with Gasteiger partial charge in [-0.1, -0.05) is 6.92 Å². The number of nitrogens with zero attached hydrogens (tertiary/aromatic N) is 1. The molecule has 3 rings (SSSR count). The third kappa shape index (κ3) is 6.64. The quantitative estimate of drug-likeness (QED) is 0.132. The van der Waals surface area contributed by atoms with Gasteiger partial charge in [0.25, 0.3) is 11.8 Å². The molecule has 0 spiro atoms. The van der Waals surface area contributed by atoms with Gasteiger partial charge >= 0.3 is 0 Å². The Morgan fingerprint density at radius 3 is 2.46 bits per heavy atom. The Labute approximate surface area is 204 Å². The summed E-state index contributed by atoms with van der Waals surface area (Å²) in [7, 11) is 1.49. The zero-order chi connectivity index (χ0) is 25.6. The van der Waals surface area contributed by atoms with E-state index in [9.17, 15) is 29.7 Å². The van der Waals surface area contributed by atoms with Gasteiger partial charge in [0.15, 0.2) is 5.79 Å². The SMILES string of the molecule is CO[C@H]1C([C@@H](O)CO)O[C@](CNNC(=O)C2CCC(CN3C(=O)C=CC3=O)CC2)(OCO)C[C@H]1C. The second-order valence-corrected chi connectivity index (χ2v) is 9.58. The van der Waals surface area contributed by atoms with Gasteiger partial charge < -0.3 is 29.5 Å². The van der Waals surface area contributed by atoms with E-state index in [1.165, 1.54) is 24.2 Å². The molecular formula is C23H37N3O9. The molecule has 3 amide bonds. The molecule has 0 aromatic heterocycles.